The van der Waals surface area contributed by atoms with Gasteiger partial charge in [-0.2, -0.15) is 0 Å². The molecule has 0 saturated carbocycles. The van der Waals surface area contributed by atoms with Crippen molar-refractivity contribution in [2.75, 3.05) is 46.3 Å². The SMILES string of the molecule is CNC1CCN(CCN2CCCC2)CC1C. The van der Waals surface area contributed by atoms with E-state index in [0.29, 0.717) is 0 Å². The van der Waals surface area contributed by atoms with Crippen LogP contribution in [0.4, 0.5) is 0 Å². The largest absolute Gasteiger partial charge is 0.317 e. The predicted molar refractivity (Wildman–Crippen MR) is 68.7 cm³/mol. The summed E-state index contributed by atoms with van der Waals surface area (Å²) in [6.07, 6.45) is 4.15. The normalized spacial score (nSPS) is 33.4. The molecule has 16 heavy (non-hydrogen) atoms. The molecule has 1 N–H and O–H groups in total. The fourth-order valence-corrected chi connectivity index (χ4v) is 3.15. The van der Waals surface area contributed by atoms with Gasteiger partial charge in [-0.1, -0.05) is 6.92 Å². The lowest BCUT2D eigenvalue weighted by molar-refractivity contribution is 0.137. The lowest BCUT2D eigenvalue weighted by Crippen LogP contribution is -2.48. The predicted octanol–water partition coefficient (Wildman–Crippen LogP) is 1.01. The molecule has 94 valence electrons. The number of nitrogens with zero attached hydrogens (tertiary/aromatic N) is 2. The van der Waals surface area contributed by atoms with E-state index in [1.165, 1.54) is 58.5 Å². The van der Waals surface area contributed by atoms with Gasteiger partial charge in [0, 0.05) is 25.7 Å². The summed E-state index contributed by atoms with van der Waals surface area (Å²) >= 11 is 0. The quantitative estimate of drug-likeness (QED) is 0.770. The minimum atomic E-state index is 0.739. The second-order valence-corrected chi connectivity index (χ2v) is 5.51. The van der Waals surface area contributed by atoms with Crippen molar-refractivity contribution in [3.05, 3.63) is 0 Å². The highest BCUT2D eigenvalue weighted by Crippen LogP contribution is 2.16. The summed E-state index contributed by atoms with van der Waals surface area (Å²) in [6.45, 7) is 10.2. The van der Waals surface area contributed by atoms with Gasteiger partial charge in [0.15, 0.2) is 0 Å². The van der Waals surface area contributed by atoms with Gasteiger partial charge in [0.1, 0.15) is 0 Å². The molecule has 3 nitrogen and oxygen atoms in total. The van der Waals surface area contributed by atoms with Gasteiger partial charge < -0.3 is 15.1 Å². The van der Waals surface area contributed by atoms with E-state index in [2.05, 4.69) is 29.1 Å². The van der Waals surface area contributed by atoms with Crippen LogP contribution in [0.15, 0.2) is 0 Å². The van der Waals surface area contributed by atoms with Crippen molar-refractivity contribution in [3.63, 3.8) is 0 Å². The van der Waals surface area contributed by atoms with Gasteiger partial charge in [0.05, 0.1) is 0 Å². The summed E-state index contributed by atoms with van der Waals surface area (Å²) in [7, 11) is 2.10. The standard InChI is InChI=1S/C13H27N3/c1-12-11-16(8-5-13(12)14-2)10-9-15-6-3-4-7-15/h12-14H,3-11H2,1-2H3. The van der Waals surface area contributed by atoms with E-state index in [4.69, 9.17) is 0 Å². The number of likely N-dealkylation sites (tertiary alicyclic amines) is 2. The summed E-state index contributed by atoms with van der Waals surface area (Å²) < 4.78 is 0. The number of hydrogen-bond donors (Lipinski definition) is 1. The second-order valence-electron chi connectivity index (χ2n) is 5.51. The number of piperidine rings is 1. The lowest BCUT2D eigenvalue weighted by atomic mass is 9.94. The van der Waals surface area contributed by atoms with Gasteiger partial charge in [0.25, 0.3) is 0 Å². The molecular weight excluding hydrogens is 198 g/mol. The number of rotatable bonds is 4. The molecule has 0 aromatic carbocycles. The van der Waals surface area contributed by atoms with Crippen molar-refractivity contribution < 1.29 is 0 Å². The topological polar surface area (TPSA) is 18.5 Å². The van der Waals surface area contributed by atoms with Gasteiger partial charge in [0.2, 0.25) is 0 Å². The first-order valence-corrected chi connectivity index (χ1v) is 6.91. The molecule has 0 aromatic heterocycles. The first-order valence-electron chi connectivity index (χ1n) is 6.91. The molecule has 2 rings (SSSR count). The molecule has 2 aliphatic heterocycles. The van der Waals surface area contributed by atoms with Gasteiger partial charge in [-0.3, -0.25) is 0 Å². The van der Waals surface area contributed by atoms with Gasteiger partial charge in [-0.05, 0) is 51.9 Å². The third-order valence-corrected chi connectivity index (χ3v) is 4.29. The number of nitrogens with one attached hydrogen (secondary N) is 1. The maximum absolute atomic E-state index is 3.43. The van der Waals surface area contributed by atoms with E-state index < -0.39 is 0 Å². The molecule has 2 aliphatic rings. The molecule has 0 radical (unpaired) electrons. The summed E-state index contributed by atoms with van der Waals surface area (Å²) in [4.78, 5) is 5.27. The molecule has 0 spiro atoms. The molecule has 2 unspecified atom stereocenters. The monoisotopic (exact) mass is 225 g/mol. The van der Waals surface area contributed by atoms with Crippen LogP contribution in [0.1, 0.15) is 26.2 Å². The van der Waals surface area contributed by atoms with Crippen LogP contribution in [0.25, 0.3) is 0 Å². The van der Waals surface area contributed by atoms with Crippen LogP contribution in [0.2, 0.25) is 0 Å². The third kappa shape index (κ3) is 3.19. The smallest absolute Gasteiger partial charge is 0.0114 e. The Morgan fingerprint density at radius 3 is 2.38 bits per heavy atom. The van der Waals surface area contributed by atoms with Crippen molar-refractivity contribution in [3.8, 4) is 0 Å². The van der Waals surface area contributed by atoms with Crippen molar-refractivity contribution in [2.24, 2.45) is 5.92 Å². The Bertz CT molecular complexity index is 201. The molecule has 2 atom stereocenters. The van der Waals surface area contributed by atoms with Crippen LogP contribution in [-0.2, 0) is 0 Å². The first kappa shape index (κ1) is 12.3. The van der Waals surface area contributed by atoms with E-state index >= 15 is 0 Å². The zero-order valence-electron chi connectivity index (χ0n) is 10.9. The van der Waals surface area contributed by atoms with E-state index in [-0.39, 0.29) is 0 Å². The van der Waals surface area contributed by atoms with Crippen LogP contribution < -0.4 is 5.32 Å². The van der Waals surface area contributed by atoms with Crippen molar-refractivity contribution in [2.45, 2.75) is 32.2 Å². The maximum atomic E-state index is 3.43. The Hall–Kier alpha value is -0.120. The summed E-state index contributed by atoms with van der Waals surface area (Å²) in [6, 6.07) is 0.739. The minimum absolute atomic E-state index is 0.739. The average molecular weight is 225 g/mol. The third-order valence-electron chi connectivity index (χ3n) is 4.29. The molecule has 2 heterocycles. The van der Waals surface area contributed by atoms with Crippen LogP contribution >= 0.6 is 0 Å². The Labute approximate surface area is 100 Å². The molecule has 0 aliphatic carbocycles. The van der Waals surface area contributed by atoms with Crippen LogP contribution in [0, 0.1) is 5.92 Å². The molecular formula is C13H27N3. The average Bonchev–Trinajstić information content (AvgIpc) is 2.79. The van der Waals surface area contributed by atoms with Crippen LogP contribution in [-0.4, -0.2) is 62.2 Å². The van der Waals surface area contributed by atoms with Gasteiger partial charge in [-0.25, -0.2) is 0 Å². The minimum Gasteiger partial charge on any atom is -0.317 e. The van der Waals surface area contributed by atoms with Gasteiger partial charge in [-0.15, -0.1) is 0 Å². The zero-order valence-corrected chi connectivity index (χ0v) is 10.9. The molecule has 3 heteroatoms. The highest BCUT2D eigenvalue weighted by atomic mass is 15.2. The second kappa shape index (κ2) is 5.99. The van der Waals surface area contributed by atoms with Crippen molar-refractivity contribution in [1.82, 2.24) is 15.1 Å². The van der Waals surface area contributed by atoms with Crippen LogP contribution in [0.5, 0.6) is 0 Å². The first-order chi connectivity index (χ1) is 7.79. The summed E-state index contributed by atoms with van der Waals surface area (Å²) in [5, 5.41) is 3.43. The molecule has 0 amide bonds. The van der Waals surface area contributed by atoms with Gasteiger partial charge >= 0.3 is 0 Å². The van der Waals surface area contributed by atoms with E-state index in [1.807, 2.05) is 0 Å². The molecule has 2 fully saturated rings. The number of hydrogen-bond acceptors (Lipinski definition) is 3. The Kier molecular flexibility index (Phi) is 4.62. The fourth-order valence-electron chi connectivity index (χ4n) is 3.15. The maximum Gasteiger partial charge on any atom is 0.0114 e. The molecule has 0 aromatic rings. The van der Waals surface area contributed by atoms with E-state index in [9.17, 15) is 0 Å². The fraction of sp³-hybridized carbons (Fsp3) is 1.00. The Morgan fingerprint density at radius 2 is 1.75 bits per heavy atom. The van der Waals surface area contributed by atoms with Crippen molar-refractivity contribution >= 4 is 0 Å². The molecule has 0 bridgehead atoms. The van der Waals surface area contributed by atoms with Crippen LogP contribution in [0.3, 0.4) is 0 Å². The Morgan fingerprint density at radius 1 is 1.06 bits per heavy atom. The zero-order chi connectivity index (χ0) is 11.4. The van der Waals surface area contributed by atoms with E-state index in [0.717, 1.165) is 12.0 Å². The molecule has 2 saturated heterocycles. The summed E-state index contributed by atoms with van der Waals surface area (Å²) in [5.41, 5.74) is 0. The van der Waals surface area contributed by atoms with Crippen molar-refractivity contribution in [1.29, 1.82) is 0 Å². The lowest BCUT2D eigenvalue weighted by Gasteiger charge is -2.37. The Balaban J connectivity index is 1.67. The highest BCUT2D eigenvalue weighted by molar-refractivity contribution is 4.82. The van der Waals surface area contributed by atoms with E-state index in [1.54, 1.807) is 0 Å². The summed E-state index contributed by atoms with van der Waals surface area (Å²) in [5.74, 6) is 0.803. The highest BCUT2D eigenvalue weighted by Gasteiger charge is 2.24.